The summed E-state index contributed by atoms with van der Waals surface area (Å²) in [5.41, 5.74) is -0.743. The lowest BCUT2D eigenvalue weighted by atomic mass is 10.1. The Bertz CT molecular complexity index is 425. The normalized spacial score (nSPS) is 25.9. The number of halogens is 4. The fourth-order valence-electron chi connectivity index (χ4n) is 1.90. The minimum absolute atomic E-state index is 0.706. The lowest BCUT2D eigenvalue weighted by Gasteiger charge is -2.06. The molecule has 0 heterocycles. The topological polar surface area (TPSA) is 63.6 Å². The number of esters is 1. The van der Waals surface area contributed by atoms with Gasteiger partial charge in [0.15, 0.2) is 6.61 Å². The van der Waals surface area contributed by atoms with Gasteiger partial charge in [0.05, 0.1) is 5.92 Å². The maximum absolute atomic E-state index is 13.3. The summed E-state index contributed by atoms with van der Waals surface area (Å²) in [4.78, 5) is 21.7. The van der Waals surface area contributed by atoms with Gasteiger partial charge in [0.1, 0.15) is 0 Å². The number of carboxylic acids is 1. The molecule has 0 radical (unpaired) electrons. The second-order valence-electron chi connectivity index (χ2n) is 4.87. The molecule has 8 heteroatoms. The van der Waals surface area contributed by atoms with Crippen molar-refractivity contribution in [1.82, 2.24) is 0 Å². The number of hydrogen-bond acceptors (Lipinski definition) is 3. The van der Waals surface area contributed by atoms with Crippen LogP contribution in [-0.4, -0.2) is 29.8 Å². The van der Waals surface area contributed by atoms with Crippen LogP contribution in [-0.2, 0) is 14.3 Å². The highest BCUT2D eigenvalue weighted by Crippen LogP contribution is 2.59. The molecule has 1 rings (SSSR count). The minimum Gasteiger partial charge on any atom is -0.481 e. The zero-order chi connectivity index (χ0) is 15.0. The average molecular weight is 284 g/mol. The molecule has 1 saturated carbocycles. The van der Waals surface area contributed by atoms with Gasteiger partial charge in [0.25, 0.3) is 0 Å². The number of hydrogen-bond donors (Lipinski definition) is 1. The lowest BCUT2D eigenvalue weighted by molar-refractivity contribution is -0.184. The molecule has 1 N–H and O–H groups in total. The van der Waals surface area contributed by atoms with Crippen molar-refractivity contribution in [3.8, 4) is 0 Å². The second-order valence-corrected chi connectivity index (χ2v) is 4.87. The predicted molar refractivity (Wildman–Crippen MR) is 54.6 cm³/mol. The van der Waals surface area contributed by atoms with Crippen LogP contribution in [0.15, 0.2) is 11.9 Å². The molecule has 0 spiro atoms. The zero-order valence-electron chi connectivity index (χ0n) is 10.1. The van der Waals surface area contributed by atoms with Gasteiger partial charge < -0.3 is 9.84 Å². The third-order valence-electron chi connectivity index (χ3n) is 3.06. The fraction of sp³-hybridized carbons (Fsp3) is 0.636. The van der Waals surface area contributed by atoms with Gasteiger partial charge in [-0.2, -0.15) is 17.6 Å². The summed E-state index contributed by atoms with van der Waals surface area (Å²) >= 11 is 0. The first kappa shape index (κ1) is 15.5. The molecule has 1 aliphatic carbocycles. The summed E-state index contributed by atoms with van der Waals surface area (Å²) in [7, 11) is 0. The van der Waals surface area contributed by atoms with Crippen LogP contribution in [0.5, 0.6) is 0 Å². The van der Waals surface area contributed by atoms with E-state index in [-0.39, 0.29) is 0 Å². The van der Waals surface area contributed by atoms with Crippen molar-refractivity contribution in [2.75, 3.05) is 6.61 Å². The van der Waals surface area contributed by atoms with Gasteiger partial charge in [-0.3, -0.25) is 4.79 Å². The van der Waals surface area contributed by atoms with E-state index in [0.717, 1.165) is 0 Å². The molecule has 1 fully saturated rings. The Kier molecular flexibility index (Phi) is 3.92. The number of aliphatic carboxylic acids is 1. The first-order chi connectivity index (χ1) is 8.47. The monoisotopic (exact) mass is 284 g/mol. The van der Waals surface area contributed by atoms with Gasteiger partial charge in [-0.05, 0) is 17.4 Å². The van der Waals surface area contributed by atoms with Gasteiger partial charge in [-0.25, -0.2) is 4.79 Å². The zero-order valence-corrected chi connectivity index (χ0v) is 10.1. The molecular weight excluding hydrogens is 272 g/mol. The molecule has 0 bridgehead atoms. The van der Waals surface area contributed by atoms with Crippen molar-refractivity contribution in [2.24, 2.45) is 17.3 Å². The van der Waals surface area contributed by atoms with Crippen molar-refractivity contribution >= 4 is 11.9 Å². The van der Waals surface area contributed by atoms with Gasteiger partial charge in [-0.1, -0.05) is 13.8 Å². The van der Waals surface area contributed by atoms with E-state index in [2.05, 4.69) is 4.74 Å². The SMILES string of the molecule is CC1(C)[C@H](C(=O)O)[C@@H]1C=C(F)C(=O)OCC(F)(F)F. The number of carboxylic acid groups (broad SMARTS) is 1. The Hall–Kier alpha value is -1.60. The Balaban J connectivity index is 2.64. The number of allylic oxidation sites excluding steroid dienone is 1. The van der Waals surface area contributed by atoms with Crippen LogP contribution in [0.4, 0.5) is 17.6 Å². The van der Waals surface area contributed by atoms with Crippen LogP contribution in [0.1, 0.15) is 13.8 Å². The Morgan fingerprint density at radius 3 is 2.26 bits per heavy atom. The fourth-order valence-corrected chi connectivity index (χ4v) is 1.90. The third kappa shape index (κ3) is 3.68. The maximum Gasteiger partial charge on any atom is 0.422 e. The van der Waals surface area contributed by atoms with E-state index < -0.39 is 47.8 Å². The van der Waals surface area contributed by atoms with Gasteiger partial charge in [0, 0.05) is 0 Å². The van der Waals surface area contributed by atoms with Gasteiger partial charge in [0.2, 0.25) is 5.83 Å². The van der Waals surface area contributed by atoms with E-state index >= 15 is 0 Å². The van der Waals surface area contributed by atoms with Crippen molar-refractivity contribution in [2.45, 2.75) is 20.0 Å². The van der Waals surface area contributed by atoms with E-state index in [4.69, 9.17) is 5.11 Å². The van der Waals surface area contributed by atoms with Gasteiger partial charge in [-0.15, -0.1) is 0 Å². The van der Waals surface area contributed by atoms with Crippen LogP contribution in [0.3, 0.4) is 0 Å². The molecule has 1 aliphatic rings. The molecule has 0 aliphatic heterocycles. The number of alkyl halides is 3. The summed E-state index contributed by atoms with van der Waals surface area (Å²) in [6, 6.07) is 0. The highest BCUT2D eigenvalue weighted by Gasteiger charge is 2.61. The van der Waals surface area contributed by atoms with E-state index in [9.17, 15) is 27.2 Å². The maximum atomic E-state index is 13.3. The summed E-state index contributed by atoms with van der Waals surface area (Å²) < 4.78 is 52.2. The molecular formula is C11H12F4O4. The predicted octanol–water partition coefficient (Wildman–Crippen LogP) is 2.30. The molecule has 0 saturated heterocycles. The third-order valence-corrected chi connectivity index (χ3v) is 3.06. The van der Waals surface area contributed by atoms with Gasteiger partial charge >= 0.3 is 18.1 Å². The van der Waals surface area contributed by atoms with E-state index in [1.807, 2.05) is 0 Å². The number of carbonyl (C=O) groups excluding carboxylic acids is 1. The van der Waals surface area contributed by atoms with Crippen LogP contribution < -0.4 is 0 Å². The van der Waals surface area contributed by atoms with Crippen molar-refractivity contribution in [1.29, 1.82) is 0 Å². The molecule has 0 aromatic rings. The number of rotatable bonds is 4. The summed E-state index contributed by atoms with van der Waals surface area (Å²) in [6.07, 6.45) is -4.03. The molecule has 19 heavy (non-hydrogen) atoms. The second kappa shape index (κ2) is 4.82. The van der Waals surface area contributed by atoms with Crippen LogP contribution in [0, 0.1) is 17.3 Å². The van der Waals surface area contributed by atoms with E-state index in [1.54, 1.807) is 13.8 Å². The van der Waals surface area contributed by atoms with Crippen LogP contribution >= 0.6 is 0 Å². The lowest BCUT2D eigenvalue weighted by Crippen LogP contribution is -2.20. The largest absolute Gasteiger partial charge is 0.481 e. The van der Waals surface area contributed by atoms with Crippen molar-refractivity contribution in [3.05, 3.63) is 11.9 Å². The molecule has 0 aromatic heterocycles. The molecule has 0 unspecified atom stereocenters. The molecule has 2 atom stereocenters. The average Bonchev–Trinajstić information content (AvgIpc) is 2.75. The van der Waals surface area contributed by atoms with Crippen molar-refractivity contribution < 1.29 is 37.0 Å². The first-order valence-corrected chi connectivity index (χ1v) is 5.31. The van der Waals surface area contributed by atoms with Crippen molar-refractivity contribution in [3.63, 3.8) is 0 Å². The smallest absolute Gasteiger partial charge is 0.422 e. The highest BCUT2D eigenvalue weighted by molar-refractivity contribution is 5.86. The van der Waals surface area contributed by atoms with Crippen LogP contribution in [0.2, 0.25) is 0 Å². The molecule has 108 valence electrons. The molecule has 0 amide bonds. The standard InChI is InChI=1S/C11H12F4O4/c1-10(2)5(7(10)8(16)17)3-6(12)9(18)19-4-11(13,14)15/h3,5,7H,4H2,1-2H3,(H,16,17)/t5-,7-/m0/s1. The highest BCUT2D eigenvalue weighted by atomic mass is 19.4. The summed E-state index contributed by atoms with van der Waals surface area (Å²) in [6.45, 7) is 1.23. The minimum atomic E-state index is -4.74. The summed E-state index contributed by atoms with van der Waals surface area (Å²) in [5, 5.41) is 8.80. The molecule has 0 aromatic carbocycles. The van der Waals surface area contributed by atoms with Crippen LogP contribution in [0.25, 0.3) is 0 Å². The Labute approximate surface area is 106 Å². The van der Waals surface area contributed by atoms with E-state index in [0.29, 0.717) is 6.08 Å². The summed E-state index contributed by atoms with van der Waals surface area (Å²) in [5.74, 6) is -6.02. The number of ether oxygens (including phenoxy) is 1. The first-order valence-electron chi connectivity index (χ1n) is 5.31. The van der Waals surface area contributed by atoms with E-state index in [1.165, 1.54) is 0 Å². The quantitative estimate of drug-likeness (QED) is 0.489. The number of carbonyl (C=O) groups is 2. The Morgan fingerprint density at radius 2 is 1.89 bits per heavy atom. The molecule has 4 nitrogen and oxygen atoms in total. The Morgan fingerprint density at radius 1 is 1.37 bits per heavy atom.